The van der Waals surface area contributed by atoms with E-state index in [1.807, 2.05) is 13.0 Å². The summed E-state index contributed by atoms with van der Waals surface area (Å²) in [5.41, 5.74) is 0. The van der Waals surface area contributed by atoms with Gasteiger partial charge in [-0.15, -0.1) is 0 Å². The maximum absolute atomic E-state index is 8.64. The van der Waals surface area contributed by atoms with Gasteiger partial charge in [0.25, 0.3) is 0 Å². The van der Waals surface area contributed by atoms with Crippen LogP contribution in [-0.4, -0.2) is 35.5 Å². The molecule has 1 atom stereocenters. The van der Waals surface area contributed by atoms with Crippen molar-refractivity contribution in [3.8, 4) is 6.07 Å². The summed E-state index contributed by atoms with van der Waals surface area (Å²) in [7, 11) is 0. The lowest BCUT2D eigenvalue weighted by Gasteiger charge is -2.17. The minimum absolute atomic E-state index is 0.0179. The second-order valence-electron chi connectivity index (χ2n) is 2.49. The largest absolute Gasteiger partial charge is 0.395 e. The third kappa shape index (κ3) is 4.73. The zero-order chi connectivity index (χ0) is 8.69. The average molecular weight is 158 g/mol. The molecule has 3 N–H and O–H groups in total. The summed E-state index contributed by atoms with van der Waals surface area (Å²) in [6.07, 6.45) is 0.385. The maximum Gasteiger partial charge on any atom is 0.0638 e. The highest BCUT2D eigenvalue weighted by Gasteiger charge is 2.08. The number of nitrogens with zero attached hydrogens (tertiary/aromatic N) is 1. The molecule has 0 bridgehead atoms. The lowest BCUT2D eigenvalue weighted by molar-refractivity contribution is 0.164. The molecule has 0 aromatic rings. The van der Waals surface area contributed by atoms with Crippen LogP contribution in [0, 0.1) is 11.3 Å². The average Bonchev–Trinajstić information content (AvgIpc) is 2.01. The van der Waals surface area contributed by atoms with Gasteiger partial charge in [-0.05, 0) is 6.92 Å². The molecule has 0 amide bonds. The molecule has 0 aliphatic carbocycles. The van der Waals surface area contributed by atoms with E-state index in [2.05, 4.69) is 5.32 Å². The van der Waals surface area contributed by atoms with Crippen LogP contribution in [0.4, 0.5) is 0 Å². The van der Waals surface area contributed by atoms with Gasteiger partial charge in [0.15, 0.2) is 0 Å². The van der Waals surface area contributed by atoms with E-state index in [0.29, 0.717) is 6.42 Å². The zero-order valence-electron chi connectivity index (χ0n) is 6.62. The van der Waals surface area contributed by atoms with Crippen molar-refractivity contribution in [2.75, 3.05) is 13.2 Å². The number of aliphatic hydroxyl groups is 2. The fourth-order valence-corrected chi connectivity index (χ4v) is 0.761. The van der Waals surface area contributed by atoms with Gasteiger partial charge in [0.2, 0.25) is 0 Å². The number of hydrogen-bond acceptors (Lipinski definition) is 4. The van der Waals surface area contributed by atoms with Crippen molar-refractivity contribution >= 4 is 0 Å². The molecule has 0 saturated heterocycles. The second-order valence-corrected chi connectivity index (χ2v) is 2.49. The Morgan fingerprint density at radius 2 is 2.00 bits per heavy atom. The van der Waals surface area contributed by atoms with E-state index in [9.17, 15) is 0 Å². The number of hydrogen-bond donors (Lipinski definition) is 3. The number of rotatable bonds is 5. The van der Waals surface area contributed by atoms with Crippen LogP contribution in [0.5, 0.6) is 0 Å². The smallest absolute Gasteiger partial charge is 0.0638 e. The quantitative estimate of drug-likeness (QED) is 0.491. The first-order valence-corrected chi connectivity index (χ1v) is 3.59. The van der Waals surface area contributed by atoms with Crippen molar-refractivity contribution in [1.82, 2.24) is 5.32 Å². The summed E-state index contributed by atoms with van der Waals surface area (Å²) < 4.78 is 0. The molecule has 64 valence electrons. The molecule has 11 heavy (non-hydrogen) atoms. The first-order chi connectivity index (χ1) is 5.24. The van der Waals surface area contributed by atoms with Crippen molar-refractivity contribution in [2.24, 2.45) is 0 Å². The SMILES string of the molecule is CC(CC#N)NC(CO)CO. The highest BCUT2D eigenvalue weighted by Crippen LogP contribution is 1.90. The molecule has 0 radical (unpaired) electrons. The Hall–Kier alpha value is -0.630. The zero-order valence-corrected chi connectivity index (χ0v) is 6.62. The van der Waals surface area contributed by atoms with Crippen LogP contribution in [0.25, 0.3) is 0 Å². The van der Waals surface area contributed by atoms with E-state index >= 15 is 0 Å². The van der Waals surface area contributed by atoms with E-state index in [4.69, 9.17) is 15.5 Å². The maximum atomic E-state index is 8.64. The van der Waals surface area contributed by atoms with Crippen LogP contribution in [0.1, 0.15) is 13.3 Å². The van der Waals surface area contributed by atoms with Crippen molar-refractivity contribution in [3.05, 3.63) is 0 Å². The van der Waals surface area contributed by atoms with Crippen molar-refractivity contribution in [3.63, 3.8) is 0 Å². The van der Waals surface area contributed by atoms with Crippen LogP contribution in [0.2, 0.25) is 0 Å². The predicted octanol–water partition coefficient (Wildman–Crippen LogP) is -0.769. The Morgan fingerprint density at radius 1 is 1.45 bits per heavy atom. The van der Waals surface area contributed by atoms with Crippen LogP contribution >= 0.6 is 0 Å². The molecule has 0 heterocycles. The summed E-state index contributed by atoms with van der Waals surface area (Å²) >= 11 is 0. The Balaban J connectivity index is 3.55. The standard InChI is InChI=1S/C7H14N2O2/c1-6(2-3-8)9-7(4-10)5-11/h6-7,9-11H,2,4-5H2,1H3. The molecular weight excluding hydrogens is 144 g/mol. The van der Waals surface area contributed by atoms with Gasteiger partial charge in [-0.1, -0.05) is 0 Å². The first kappa shape index (κ1) is 10.4. The van der Waals surface area contributed by atoms with E-state index in [-0.39, 0.29) is 25.3 Å². The van der Waals surface area contributed by atoms with Gasteiger partial charge in [-0.25, -0.2) is 0 Å². The molecule has 0 saturated carbocycles. The van der Waals surface area contributed by atoms with Crippen LogP contribution < -0.4 is 5.32 Å². The summed E-state index contributed by atoms with van der Waals surface area (Å²) in [6, 6.07) is 1.71. The van der Waals surface area contributed by atoms with E-state index in [1.54, 1.807) is 0 Å². The first-order valence-electron chi connectivity index (χ1n) is 3.59. The summed E-state index contributed by atoms with van der Waals surface area (Å²) in [5, 5.41) is 28.5. The predicted molar refractivity (Wildman–Crippen MR) is 40.8 cm³/mol. The van der Waals surface area contributed by atoms with E-state index in [0.717, 1.165) is 0 Å². The normalized spacial score (nSPS) is 13.0. The van der Waals surface area contributed by atoms with Gasteiger partial charge in [0, 0.05) is 6.04 Å². The van der Waals surface area contributed by atoms with Gasteiger partial charge in [0.1, 0.15) is 0 Å². The molecule has 0 aliphatic rings. The summed E-state index contributed by atoms with van der Waals surface area (Å²) in [4.78, 5) is 0. The number of nitrogens with one attached hydrogen (secondary N) is 1. The molecule has 0 aliphatic heterocycles. The molecule has 0 fully saturated rings. The molecular formula is C7H14N2O2. The van der Waals surface area contributed by atoms with Crippen molar-refractivity contribution < 1.29 is 10.2 Å². The lowest BCUT2D eigenvalue weighted by Crippen LogP contribution is -2.41. The highest BCUT2D eigenvalue weighted by molar-refractivity contribution is 4.79. The highest BCUT2D eigenvalue weighted by atomic mass is 16.3. The van der Waals surface area contributed by atoms with Crippen LogP contribution in [-0.2, 0) is 0 Å². The molecule has 0 aromatic heterocycles. The van der Waals surface area contributed by atoms with Crippen LogP contribution in [0.15, 0.2) is 0 Å². The van der Waals surface area contributed by atoms with Gasteiger partial charge >= 0.3 is 0 Å². The molecule has 0 rings (SSSR count). The Kier molecular flexibility index (Phi) is 5.75. The topological polar surface area (TPSA) is 76.3 Å². The second kappa shape index (κ2) is 6.10. The van der Waals surface area contributed by atoms with Crippen LogP contribution in [0.3, 0.4) is 0 Å². The third-order valence-corrected chi connectivity index (χ3v) is 1.36. The fourth-order valence-electron chi connectivity index (χ4n) is 0.761. The van der Waals surface area contributed by atoms with Crippen molar-refractivity contribution in [2.45, 2.75) is 25.4 Å². The molecule has 0 spiro atoms. The van der Waals surface area contributed by atoms with E-state index in [1.165, 1.54) is 0 Å². The van der Waals surface area contributed by atoms with Gasteiger partial charge in [-0.3, -0.25) is 0 Å². The fraction of sp³-hybridized carbons (Fsp3) is 0.857. The minimum Gasteiger partial charge on any atom is -0.395 e. The van der Waals surface area contributed by atoms with Crippen molar-refractivity contribution in [1.29, 1.82) is 5.26 Å². The number of aliphatic hydroxyl groups excluding tert-OH is 2. The van der Waals surface area contributed by atoms with E-state index < -0.39 is 0 Å². The lowest BCUT2D eigenvalue weighted by atomic mass is 10.2. The monoisotopic (exact) mass is 158 g/mol. The van der Waals surface area contributed by atoms with Gasteiger partial charge in [0.05, 0.1) is 31.7 Å². The third-order valence-electron chi connectivity index (χ3n) is 1.36. The molecule has 4 nitrogen and oxygen atoms in total. The van der Waals surface area contributed by atoms with Gasteiger partial charge < -0.3 is 15.5 Å². The molecule has 4 heteroatoms. The Bertz CT molecular complexity index is 129. The summed E-state index contributed by atoms with van der Waals surface area (Å²) in [5.74, 6) is 0. The van der Waals surface area contributed by atoms with Gasteiger partial charge in [-0.2, -0.15) is 5.26 Å². The molecule has 0 aromatic carbocycles. The Morgan fingerprint density at radius 3 is 2.36 bits per heavy atom. The summed E-state index contributed by atoms with van der Waals surface area (Å²) in [6.45, 7) is 1.63. The number of nitriles is 1. The minimum atomic E-state index is -0.307. The molecule has 1 unspecified atom stereocenters. The Labute approximate surface area is 66.5 Å².